The van der Waals surface area contributed by atoms with E-state index in [1.807, 2.05) is 25.1 Å². The zero-order valence-electron chi connectivity index (χ0n) is 15.1. The summed E-state index contributed by atoms with van der Waals surface area (Å²) >= 11 is 0. The summed E-state index contributed by atoms with van der Waals surface area (Å²) in [5, 5.41) is 8.99. The number of rotatable bonds is 3. The minimum Gasteiger partial charge on any atom is -0.478 e. The molecule has 0 spiro atoms. The number of aromatic carboxylic acids is 1. The van der Waals surface area contributed by atoms with E-state index >= 15 is 0 Å². The summed E-state index contributed by atoms with van der Waals surface area (Å²) in [6, 6.07) is 12.2. The molecule has 0 saturated carbocycles. The number of carboxylic acids is 1. The lowest BCUT2D eigenvalue weighted by molar-refractivity contribution is 0.0697. The van der Waals surface area contributed by atoms with Crippen LogP contribution in [0.5, 0.6) is 0 Å². The van der Waals surface area contributed by atoms with Crippen LogP contribution in [0.3, 0.4) is 0 Å². The van der Waals surface area contributed by atoms with E-state index in [0.717, 1.165) is 22.3 Å². The van der Waals surface area contributed by atoms with Crippen molar-refractivity contribution in [3.8, 4) is 0 Å². The molecule has 136 valence electrons. The predicted octanol–water partition coefficient (Wildman–Crippen LogP) is 4.40. The first-order chi connectivity index (χ1) is 12.1. The van der Waals surface area contributed by atoms with Crippen LogP contribution in [-0.4, -0.2) is 25.2 Å². The molecule has 0 fully saturated rings. The highest BCUT2D eigenvalue weighted by molar-refractivity contribution is 7.91. The monoisotopic (exact) mass is 370 g/mol. The van der Waals surface area contributed by atoms with Crippen LogP contribution in [0.25, 0.3) is 11.6 Å². The molecular weight excluding hydrogens is 348 g/mol. The van der Waals surface area contributed by atoms with Gasteiger partial charge in [-0.1, -0.05) is 38.1 Å². The molecule has 4 nitrogen and oxygen atoms in total. The fourth-order valence-corrected chi connectivity index (χ4v) is 5.23. The second-order valence-corrected chi connectivity index (χ2v) is 9.50. The minimum absolute atomic E-state index is 0.179. The average molecular weight is 370 g/mol. The van der Waals surface area contributed by atoms with E-state index in [4.69, 9.17) is 5.11 Å². The summed E-state index contributed by atoms with van der Waals surface area (Å²) in [4.78, 5) is 11.4. The van der Waals surface area contributed by atoms with Crippen molar-refractivity contribution < 1.29 is 18.3 Å². The van der Waals surface area contributed by atoms with Gasteiger partial charge in [0.2, 0.25) is 0 Å². The molecule has 26 heavy (non-hydrogen) atoms. The van der Waals surface area contributed by atoms with Crippen molar-refractivity contribution in [1.82, 2.24) is 0 Å². The molecule has 1 aliphatic heterocycles. The Balaban J connectivity index is 2.00. The lowest BCUT2D eigenvalue weighted by Gasteiger charge is -2.32. The quantitative estimate of drug-likeness (QED) is 0.813. The van der Waals surface area contributed by atoms with Crippen LogP contribution >= 0.6 is 0 Å². The lowest BCUT2D eigenvalue weighted by atomic mass is 9.81. The van der Waals surface area contributed by atoms with E-state index in [9.17, 15) is 13.2 Å². The Bertz CT molecular complexity index is 997. The smallest absolute Gasteiger partial charge is 0.335 e. The third kappa shape index (κ3) is 3.44. The molecule has 5 heteroatoms. The maximum Gasteiger partial charge on any atom is 0.335 e. The minimum atomic E-state index is -3.20. The van der Waals surface area contributed by atoms with Gasteiger partial charge >= 0.3 is 5.97 Å². The Labute approximate surface area is 154 Å². The van der Waals surface area contributed by atoms with Crippen LogP contribution in [0, 0.1) is 0 Å². The molecule has 3 rings (SSSR count). The molecule has 1 heterocycles. The van der Waals surface area contributed by atoms with E-state index in [1.165, 1.54) is 0 Å². The first kappa shape index (κ1) is 18.4. The number of fused-ring (bicyclic) bond motifs is 1. The van der Waals surface area contributed by atoms with Gasteiger partial charge in [-0.3, -0.25) is 0 Å². The van der Waals surface area contributed by atoms with Gasteiger partial charge < -0.3 is 5.11 Å². The van der Waals surface area contributed by atoms with Crippen molar-refractivity contribution in [3.05, 3.63) is 64.7 Å². The number of allylic oxidation sites excluding steroid dienone is 1. The van der Waals surface area contributed by atoms with Crippen molar-refractivity contribution in [2.75, 3.05) is 5.75 Å². The van der Waals surface area contributed by atoms with E-state index in [2.05, 4.69) is 13.8 Å². The van der Waals surface area contributed by atoms with E-state index in [0.29, 0.717) is 11.3 Å². The number of hydrogen-bond acceptors (Lipinski definition) is 3. The van der Waals surface area contributed by atoms with E-state index < -0.39 is 15.8 Å². The molecule has 1 aliphatic rings. The van der Waals surface area contributed by atoms with Gasteiger partial charge in [0.25, 0.3) is 0 Å². The maximum atomic E-state index is 12.3. The van der Waals surface area contributed by atoms with Crippen molar-refractivity contribution in [2.24, 2.45) is 0 Å². The first-order valence-corrected chi connectivity index (χ1v) is 10.1. The van der Waals surface area contributed by atoms with Gasteiger partial charge in [0.15, 0.2) is 9.84 Å². The predicted molar refractivity (Wildman–Crippen MR) is 103 cm³/mol. The van der Waals surface area contributed by atoms with Gasteiger partial charge in [-0.05, 0) is 65.3 Å². The number of carbonyl (C=O) groups is 1. The van der Waals surface area contributed by atoms with Crippen LogP contribution in [0.15, 0.2) is 47.4 Å². The summed E-state index contributed by atoms with van der Waals surface area (Å²) < 4.78 is 24.7. The Morgan fingerprint density at radius 3 is 2.31 bits per heavy atom. The second-order valence-electron chi connectivity index (χ2n) is 7.42. The van der Waals surface area contributed by atoms with Gasteiger partial charge in [0.1, 0.15) is 0 Å². The summed E-state index contributed by atoms with van der Waals surface area (Å²) in [5.74, 6) is -0.756. The molecule has 0 atom stereocenters. The second kappa shape index (κ2) is 6.40. The highest BCUT2D eigenvalue weighted by Crippen LogP contribution is 2.39. The van der Waals surface area contributed by atoms with Gasteiger partial charge in [0.05, 0.1) is 16.2 Å². The van der Waals surface area contributed by atoms with Crippen LogP contribution < -0.4 is 0 Å². The molecular formula is C21H22O4S. The average Bonchev–Trinajstić information content (AvgIpc) is 2.59. The molecule has 0 aromatic heterocycles. The normalized spacial score (nSPS) is 18.2. The van der Waals surface area contributed by atoms with Crippen molar-refractivity contribution in [1.29, 1.82) is 0 Å². The molecule has 0 aliphatic carbocycles. The molecule has 1 N–H and O–H groups in total. The first-order valence-electron chi connectivity index (χ1n) is 8.49. The summed E-state index contributed by atoms with van der Waals surface area (Å²) in [6.07, 6.45) is 2.61. The molecule has 0 bridgehead atoms. The number of benzene rings is 2. The van der Waals surface area contributed by atoms with E-state index in [1.54, 1.807) is 30.3 Å². The summed E-state index contributed by atoms with van der Waals surface area (Å²) in [5.41, 5.74) is 3.79. The highest BCUT2D eigenvalue weighted by Gasteiger charge is 2.35. The maximum absolute atomic E-state index is 12.3. The van der Waals surface area contributed by atoms with Crippen molar-refractivity contribution >= 4 is 27.5 Å². The van der Waals surface area contributed by atoms with Crippen LogP contribution in [0.2, 0.25) is 0 Å². The third-order valence-electron chi connectivity index (χ3n) is 5.03. The molecule has 2 aromatic rings. The van der Waals surface area contributed by atoms with Crippen molar-refractivity contribution in [2.45, 2.75) is 37.5 Å². The highest BCUT2D eigenvalue weighted by atomic mass is 32.2. The van der Waals surface area contributed by atoms with Crippen LogP contribution in [0.4, 0.5) is 0 Å². The zero-order valence-corrected chi connectivity index (χ0v) is 15.9. The topological polar surface area (TPSA) is 71.4 Å². The van der Waals surface area contributed by atoms with Gasteiger partial charge in [-0.15, -0.1) is 0 Å². The number of sulfone groups is 1. The zero-order chi connectivity index (χ0) is 19.1. The fraction of sp³-hybridized carbons (Fsp3) is 0.286. The summed E-state index contributed by atoms with van der Waals surface area (Å²) in [6.45, 7) is 6.11. The Kier molecular flexibility index (Phi) is 4.53. The summed E-state index contributed by atoms with van der Waals surface area (Å²) in [7, 11) is -3.20. The molecule has 0 saturated heterocycles. The fourth-order valence-electron chi connectivity index (χ4n) is 3.28. The molecule has 2 aromatic carbocycles. The number of carboxylic acid groups (broad SMARTS) is 1. The van der Waals surface area contributed by atoms with Crippen LogP contribution in [-0.2, 0) is 15.3 Å². The Morgan fingerprint density at radius 2 is 1.69 bits per heavy atom. The Morgan fingerprint density at radius 1 is 1.08 bits per heavy atom. The standard InChI is InChI=1S/C21H22O4S/c1-14(16-5-7-17(8-6-16)20(22)23)12-15-4-9-19-18(13-15)21(2,3)10-11-26(19,24)25/h4-9,12-13H,10-11H2,1-3H3,(H,22,23)/b14-12+. The molecule has 0 unspecified atom stereocenters. The third-order valence-corrected chi connectivity index (χ3v) is 6.80. The van der Waals surface area contributed by atoms with Gasteiger partial charge in [0, 0.05) is 0 Å². The lowest BCUT2D eigenvalue weighted by Crippen LogP contribution is -2.30. The SMILES string of the molecule is C/C(=C\c1ccc2c(c1)C(C)(C)CCS2(=O)=O)c1ccc(C(=O)O)cc1. The van der Waals surface area contributed by atoms with Crippen molar-refractivity contribution in [3.63, 3.8) is 0 Å². The van der Waals surface area contributed by atoms with E-state index in [-0.39, 0.29) is 16.7 Å². The molecule has 0 radical (unpaired) electrons. The largest absolute Gasteiger partial charge is 0.478 e. The Hall–Kier alpha value is -2.40. The van der Waals surface area contributed by atoms with Gasteiger partial charge in [-0.2, -0.15) is 0 Å². The number of hydrogen-bond donors (Lipinski definition) is 1. The van der Waals surface area contributed by atoms with Gasteiger partial charge in [-0.25, -0.2) is 13.2 Å². The molecule has 0 amide bonds. The van der Waals surface area contributed by atoms with Crippen LogP contribution in [0.1, 0.15) is 54.2 Å².